The van der Waals surface area contributed by atoms with Gasteiger partial charge in [0.2, 0.25) is 23.6 Å². The molecule has 0 aliphatic heterocycles. The van der Waals surface area contributed by atoms with Crippen LogP contribution < -0.4 is 38.9 Å². The van der Waals surface area contributed by atoms with Crippen molar-refractivity contribution in [3.8, 4) is 0 Å². The van der Waals surface area contributed by atoms with E-state index in [1.807, 2.05) is 6.92 Å². The molecule has 1 rings (SSSR count). The Morgan fingerprint density at radius 1 is 0.957 bits per heavy atom. The van der Waals surface area contributed by atoms with Gasteiger partial charge in [0.05, 0.1) is 0 Å². The Morgan fingerprint density at radius 3 is 1.96 bits per heavy atom. The number of rotatable bonds is 18. The zero-order valence-electron chi connectivity index (χ0n) is 25.4. The van der Waals surface area contributed by atoms with E-state index in [0.29, 0.717) is 30.4 Å². The third-order valence-corrected chi connectivity index (χ3v) is 6.09. The molecule has 1 aromatic carbocycles. The zero-order chi connectivity index (χ0) is 35.4. The number of nitrogens with one attached hydrogen (secondary N) is 4. The molecule has 1 unspecified atom stereocenters. The van der Waals surface area contributed by atoms with Crippen LogP contribution in [-0.4, -0.2) is 77.8 Å². The number of nitrogen functional groups attached to an aromatic ring is 1. The Hall–Kier alpha value is -5.16. The molecule has 0 aromatic heterocycles. The van der Waals surface area contributed by atoms with Crippen molar-refractivity contribution < 1.29 is 42.3 Å². The second kappa shape index (κ2) is 20.7. The minimum absolute atomic E-state index is 0.0455. The number of benzene rings is 1. The number of carbonyl (C=O) groups is 5. The average molecular weight is 658 g/mol. The number of carboxylic acid groups (broad SMARTS) is 1. The van der Waals surface area contributed by atoms with Crippen molar-refractivity contribution in [2.45, 2.75) is 63.7 Å². The number of hydrogen-bond donors (Lipinski definition) is 9. The van der Waals surface area contributed by atoms with Gasteiger partial charge in [-0.2, -0.15) is 13.2 Å². The van der Waals surface area contributed by atoms with E-state index in [2.05, 4.69) is 27.5 Å². The molecule has 0 aliphatic carbocycles. The first-order valence-electron chi connectivity index (χ1n) is 14.0. The van der Waals surface area contributed by atoms with Gasteiger partial charge in [0.25, 0.3) is 0 Å². The van der Waals surface area contributed by atoms with Crippen molar-refractivity contribution in [1.29, 1.82) is 5.41 Å². The van der Waals surface area contributed by atoms with Gasteiger partial charge >= 0.3 is 12.1 Å². The molecule has 46 heavy (non-hydrogen) atoms. The molecular weight excluding hydrogens is 615 g/mol. The highest BCUT2D eigenvalue weighted by Crippen LogP contribution is 2.14. The number of guanidine groups is 1. The number of amides is 4. The molecule has 0 heterocycles. The van der Waals surface area contributed by atoms with Crippen molar-refractivity contribution >= 4 is 41.4 Å². The molecule has 256 valence electrons. The van der Waals surface area contributed by atoms with Crippen LogP contribution in [0.25, 0.3) is 0 Å². The number of unbranched alkanes of at least 4 members (excludes halogenated alkanes) is 1. The smallest absolute Gasteiger partial charge is 0.475 e. The first-order valence-corrected chi connectivity index (χ1v) is 14.0. The molecule has 0 bridgehead atoms. The van der Waals surface area contributed by atoms with Crippen LogP contribution in [0, 0.1) is 11.3 Å². The molecule has 1 aromatic rings. The van der Waals surface area contributed by atoms with Crippen LogP contribution in [0.1, 0.15) is 50.2 Å². The van der Waals surface area contributed by atoms with Gasteiger partial charge in [0, 0.05) is 18.7 Å². The zero-order valence-corrected chi connectivity index (χ0v) is 25.4. The van der Waals surface area contributed by atoms with Crippen molar-refractivity contribution in [3.63, 3.8) is 0 Å². The molecule has 0 spiro atoms. The fourth-order valence-electron chi connectivity index (χ4n) is 3.67. The molecular formula is C28H42F3N9O6. The van der Waals surface area contributed by atoms with Gasteiger partial charge in [0.1, 0.15) is 23.8 Å². The van der Waals surface area contributed by atoms with Crippen LogP contribution >= 0.6 is 0 Å². The Kier molecular flexibility index (Phi) is 18.4. The summed E-state index contributed by atoms with van der Waals surface area (Å²) < 4.78 is 31.7. The molecule has 15 nitrogen and oxygen atoms in total. The Labute approximate surface area is 263 Å². The van der Waals surface area contributed by atoms with Gasteiger partial charge in [-0.05, 0) is 31.2 Å². The number of halogens is 3. The standard InChI is InChI=1S/C26H41N9O4.C2HF3O2/c1-3-5-7-20(25(39)34-19(22(29)36)8-6-14-33-26(30)31)35-24(38)18(23(37)32-13-4-2)15-16-9-11-17(12-10-16)21(27)28;3-2(4,5)1(6)7/h4,9-12,18-20H,2-3,5-8,13-15H2,1H3,(H3,27,28)(H2,29,36)(H,32,37)(H,34,39)(H,35,38)(H4,30,31,33);(H,6,7)/t18?,19-,20-;/m0./s1. The predicted octanol–water partition coefficient (Wildman–Crippen LogP) is -0.236. The van der Waals surface area contributed by atoms with Gasteiger partial charge in [-0.3, -0.25) is 29.6 Å². The van der Waals surface area contributed by atoms with Crippen molar-refractivity contribution in [1.82, 2.24) is 16.0 Å². The second-order valence-electron chi connectivity index (χ2n) is 9.82. The number of alkyl halides is 3. The lowest BCUT2D eigenvalue weighted by Gasteiger charge is -2.24. The number of primary amides is 1. The number of nitrogens with zero attached hydrogens (tertiary/aromatic N) is 1. The topological polar surface area (TPSA) is 282 Å². The minimum Gasteiger partial charge on any atom is -0.475 e. The highest BCUT2D eigenvalue weighted by atomic mass is 19.4. The molecule has 0 fully saturated rings. The minimum atomic E-state index is -5.08. The largest absolute Gasteiger partial charge is 0.490 e. The van der Waals surface area contributed by atoms with Crippen molar-refractivity contribution in [2.75, 3.05) is 13.1 Å². The molecule has 0 aliphatic rings. The molecule has 4 amide bonds. The van der Waals surface area contributed by atoms with Crippen molar-refractivity contribution in [2.24, 2.45) is 33.8 Å². The summed E-state index contributed by atoms with van der Waals surface area (Å²) in [7, 11) is 0. The summed E-state index contributed by atoms with van der Waals surface area (Å²) in [4.78, 5) is 64.0. The molecule has 0 saturated heterocycles. The molecule has 0 radical (unpaired) electrons. The molecule has 0 saturated carbocycles. The van der Waals surface area contributed by atoms with E-state index in [0.717, 1.165) is 6.42 Å². The molecule has 13 N–H and O–H groups in total. The maximum absolute atomic E-state index is 13.3. The molecule has 18 heteroatoms. The number of aliphatic carboxylic acids is 1. The molecule has 3 atom stereocenters. The van der Waals surface area contributed by atoms with Gasteiger partial charge < -0.3 is 44.0 Å². The van der Waals surface area contributed by atoms with Crippen LogP contribution in [0.5, 0.6) is 0 Å². The van der Waals surface area contributed by atoms with E-state index in [4.69, 9.17) is 38.2 Å². The van der Waals surface area contributed by atoms with Crippen molar-refractivity contribution in [3.05, 3.63) is 48.0 Å². The van der Waals surface area contributed by atoms with E-state index < -0.39 is 53.8 Å². The van der Waals surface area contributed by atoms with E-state index in [-0.39, 0.29) is 37.7 Å². The number of aliphatic imine (C=N–C) groups is 1. The van der Waals surface area contributed by atoms with Gasteiger partial charge in [-0.15, -0.1) is 6.58 Å². The van der Waals surface area contributed by atoms with Crippen LogP contribution in [0.4, 0.5) is 13.2 Å². The Morgan fingerprint density at radius 2 is 1.50 bits per heavy atom. The van der Waals surface area contributed by atoms with Crippen LogP contribution in [0.3, 0.4) is 0 Å². The average Bonchev–Trinajstić information content (AvgIpc) is 2.97. The summed E-state index contributed by atoms with van der Waals surface area (Å²) in [5.41, 5.74) is 22.7. The number of carbonyl (C=O) groups excluding carboxylic acids is 4. The lowest BCUT2D eigenvalue weighted by molar-refractivity contribution is -0.192. The lowest BCUT2D eigenvalue weighted by atomic mass is 9.95. The fraction of sp³-hybridized carbons (Fsp3) is 0.464. The third-order valence-electron chi connectivity index (χ3n) is 6.09. The summed E-state index contributed by atoms with van der Waals surface area (Å²) in [6, 6.07) is 4.63. The van der Waals surface area contributed by atoms with Crippen LogP contribution in [-0.2, 0) is 30.4 Å². The SMILES string of the molecule is C=CCNC(=O)C(Cc1ccc(C(=N)N)cc1)C(=O)N[C@@H](CCCC)C(=O)N[C@@H](CCCN=C(N)N)C(N)=O.O=C(O)C(F)(F)F. The normalized spacial score (nSPS) is 12.5. The maximum Gasteiger partial charge on any atom is 0.490 e. The number of amidine groups is 1. The number of nitrogens with two attached hydrogens (primary N) is 4. The third kappa shape index (κ3) is 16.6. The summed E-state index contributed by atoms with van der Waals surface area (Å²) in [6.07, 6.45) is -1.29. The van der Waals surface area contributed by atoms with E-state index in [9.17, 15) is 32.3 Å². The summed E-state index contributed by atoms with van der Waals surface area (Å²) >= 11 is 0. The van der Waals surface area contributed by atoms with E-state index in [1.54, 1.807) is 24.3 Å². The van der Waals surface area contributed by atoms with E-state index >= 15 is 0 Å². The Balaban J connectivity index is 0.00000258. The summed E-state index contributed by atoms with van der Waals surface area (Å²) in [5, 5.41) is 22.6. The summed E-state index contributed by atoms with van der Waals surface area (Å²) in [6.45, 7) is 5.92. The second-order valence-corrected chi connectivity index (χ2v) is 9.82. The highest BCUT2D eigenvalue weighted by Gasteiger charge is 2.38. The number of carboxylic acids is 1. The maximum atomic E-state index is 13.3. The fourth-order valence-corrected chi connectivity index (χ4v) is 3.67. The Bertz CT molecular complexity index is 1240. The van der Waals surface area contributed by atoms with Gasteiger partial charge in [0.15, 0.2) is 5.96 Å². The van der Waals surface area contributed by atoms with Gasteiger partial charge in [-0.25, -0.2) is 4.79 Å². The van der Waals surface area contributed by atoms with E-state index in [1.165, 1.54) is 6.08 Å². The lowest BCUT2D eigenvalue weighted by Crippen LogP contribution is -2.55. The van der Waals surface area contributed by atoms with Crippen LogP contribution in [0.15, 0.2) is 41.9 Å². The highest BCUT2D eigenvalue weighted by molar-refractivity contribution is 6.02. The quantitative estimate of drug-likeness (QED) is 0.0331. The number of hydrogen-bond acceptors (Lipinski definition) is 7. The van der Waals surface area contributed by atoms with Gasteiger partial charge in [-0.1, -0.05) is 50.1 Å². The first-order chi connectivity index (χ1) is 21.4. The first kappa shape index (κ1) is 40.8. The summed E-state index contributed by atoms with van der Waals surface area (Å²) in [5.74, 6) is -6.60. The predicted molar refractivity (Wildman–Crippen MR) is 164 cm³/mol. The monoisotopic (exact) mass is 657 g/mol. The van der Waals surface area contributed by atoms with Crippen LogP contribution in [0.2, 0.25) is 0 Å².